The van der Waals surface area contributed by atoms with E-state index in [-0.39, 0.29) is 17.0 Å². The second kappa shape index (κ2) is 7.31. The van der Waals surface area contributed by atoms with Crippen LogP contribution in [0.4, 0.5) is 10.5 Å². The summed E-state index contributed by atoms with van der Waals surface area (Å²) in [4.78, 5) is 12.0. The molecule has 1 aliphatic rings. The minimum atomic E-state index is -3.44. The van der Waals surface area contributed by atoms with Gasteiger partial charge in [0.2, 0.25) is 10.0 Å². The molecule has 2 N–H and O–H groups in total. The van der Waals surface area contributed by atoms with E-state index in [2.05, 4.69) is 24.5 Å². The van der Waals surface area contributed by atoms with Gasteiger partial charge in [0.15, 0.2) is 0 Å². The summed E-state index contributed by atoms with van der Waals surface area (Å²) in [6, 6.07) is 6.11. The Hall–Kier alpha value is -1.60. The summed E-state index contributed by atoms with van der Waals surface area (Å²) in [5.41, 5.74) is 0.570. The molecule has 128 valence electrons. The van der Waals surface area contributed by atoms with Crippen molar-refractivity contribution >= 4 is 21.7 Å². The van der Waals surface area contributed by atoms with Crippen LogP contribution in [0.15, 0.2) is 29.2 Å². The van der Waals surface area contributed by atoms with Gasteiger partial charge in [-0.15, -0.1) is 0 Å². The van der Waals surface area contributed by atoms with Gasteiger partial charge in [-0.2, -0.15) is 4.31 Å². The van der Waals surface area contributed by atoms with Gasteiger partial charge in [-0.25, -0.2) is 13.2 Å². The number of rotatable bonds is 7. The smallest absolute Gasteiger partial charge is 0.319 e. The summed E-state index contributed by atoms with van der Waals surface area (Å²) in [5, 5.41) is 5.47. The van der Waals surface area contributed by atoms with Crippen molar-refractivity contribution < 1.29 is 13.2 Å². The van der Waals surface area contributed by atoms with Crippen LogP contribution in [-0.4, -0.2) is 38.4 Å². The zero-order valence-electron chi connectivity index (χ0n) is 13.9. The van der Waals surface area contributed by atoms with Crippen LogP contribution in [0.5, 0.6) is 0 Å². The molecule has 1 aromatic rings. The molecule has 0 aromatic heterocycles. The number of urea groups is 1. The molecular weight excluding hydrogens is 314 g/mol. The highest BCUT2D eigenvalue weighted by Crippen LogP contribution is 2.30. The number of carbonyl (C=O) groups excluding carboxylic acids is 1. The zero-order valence-corrected chi connectivity index (χ0v) is 14.7. The van der Waals surface area contributed by atoms with Crippen LogP contribution in [0.3, 0.4) is 0 Å². The van der Waals surface area contributed by atoms with Gasteiger partial charge in [-0.05, 0) is 49.4 Å². The Morgan fingerprint density at radius 1 is 1.26 bits per heavy atom. The fourth-order valence-electron chi connectivity index (χ4n) is 2.16. The summed E-state index contributed by atoms with van der Waals surface area (Å²) in [5.74, 6) is 0.531. The van der Waals surface area contributed by atoms with E-state index in [0.717, 1.165) is 19.3 Å². The standard InChI is InChI=1S/C16H25N3O3S/c1-12(2)10-11-17-16(20)18-13-4-8-15(9-5-13)23(21,22)19(3)14-6-7-14/h4-5,8-9,12,14H,6-7,10-11H2,1-3H3,(H2,17,18,20). The van der Waals surface area contributed by atoms with Crippen LogP contribution in [0, 0.1) is 5.92 Å². The molecule has 23 heavy (non-hydrogen) atoms. The predicted molar refractivity (Wildman–Crippen MR) is 90.9 cm³/mol. The van der Waals surface area contributed by atoms with E-state index < -0.39 is 10.0 Å². The van der Waals surface area contributed by atoms with Crippen molar-refractivity contribution in [1.29, 1.82) is 0 Å². The first-order valence-electron chi connectivity index (χ1n) is 7.93. The number of nitrogens with zero attached hydrogens (tertiary/aromatic N) is 1. The summed E-state index contributed by atoms with van der Waals surface area (Å²) in [7, 11) is -1.83. The number of sulfonamides is 1. The third-order valence-corrected chi connectivity index (χ3v) is 5.78. The number of nitrogens with one attached hydrogen (secondary N) is 2. The minimum Gasteiger partial charge on any atom is -0.338 e. The van der Waals surface area contributed by atoms with Crippen molar-refractivity contribution in [3.8, 4) is 0 Å². The van der Waals surface area contributed by atoms with Gasteiger partial charge < -0.3 is 10.6 Å². The van der Waals surface area contributed by atoms with Crippen molar-refractivity contribution in [2.45, 2.75) is 44.0 Å². The number of hydrogen-bond donors (Lipinski definition) is 2. The van der Waals surface area contributed by atoms with Gasteiger partial charge in [0, 0.05) is 25.3 Å². The lowest BCUT2D eigenvalue weighted by atomic mass is 10.1. The molecule has 0 saturated heterocycles. The number of carbonyl (C=O) groups is 1. The topological polar surface area (TPSA) is 78.5 Å². The summed E-state index contributed by atoms with van der Waals surface area (Å²) in [6.07, 6.45) is 2.76. The van der Waals surface area contributed by atoms with Gasteiger partial charge in [0.05, 0.1) is 4.90 Å². The molecular formula is C16H25N3O3S. The second-order valence-electron chi connectivity index (χ2n) is 6.34. The Bertz CT molecular complexity index is 637. The number of hydrogen-bond acceptors (Lipinski definition) is 3. The minimum absolute atomic E-state index is 0.129. The van der Waals surface area contributed by atoms with Crippen LogP contribution in [0.1, 0.15) is 33.1 Å². The van der Waals surface area contributed by atoms with Crippen molar-refractivity contribution in [1.82, 2.24) is 9.62 Å². The van der Waals surface area contributed by atoms with E-state index in [4.69, 9.17) is 0 Å². The molecule has 0 atom stereocenters. The maximum absolute atomic E-state index is 12.4. The lowest BCUT2D eigenvalue weighted by molar-refractivity contribution is 0.251. The molecule has 1 saturated carbocycles. The monoisotopic (exact) mass is 339 g/mol. The van der Waals surface area contributed by atoms with Crippen LogP contribution in [0.2, 0.25) is 0 Å². The Labute approximate surface area is 138 Å². The fourth-order valence-corrected chi connectivity index (χ4v) is 3.58. The first kappa shape index (κ1) is 17.7. The lowest BCUT2D eigenvalue weighted by Crippen LogP contribution is -2.30. The summed E-state index contributed by atoms with van der Waals surface area (Å²) in [6.45, 7) is 4.80. The normalized spacial score (nSPS) is 15.0. The molecule has 0 unspecified atom stereocenters. The maximum atomic E-state index is 12.4. The predicted octanol–water partition coefficient (Wildman–Crippen LogP) is 2.64. The third kappa shape index (κ3) is 4.94. The fraction of sp³-hybridized carbons (Fsp3) is 0.562. The van der Waals surface area contributed by atoms with Crippen LogP contribution in [-0.2, 0) is 10.0 Å². The molecule has 0 heterocycles. The first-order chi connectivity index (χ1) is 10.8. The quantitative estimate of drug-likeness (QED) is 0.801. The van der Waals surface area contributed by atoms with E-state index in [1.54, 1.807) is 19.2 Å². The molecule has 0 bridgehead atoms. The Balaban J connectivity index is 1.93. The Kier molecular flexibility index (Phi) is 5.64. The molecule has 6 nitrogen and oxygen atoms in total. The van der Waals surface area contributed by atoms with Crippen LogP contribution in [0.25, 0.3) is 0 Å². The van der Waals surface area contributed by atoms with Gasteiger partial charge in [0.25, 0.3) is 0 Å². The zero-order chi connectivity index (χ0) is 17.0. The molecule has 1 aromatic carbocycles. The van der Waals surface area contributed by atoms with Crippen molar-refractivity contribution in [2.75, 3.05) is 18.9 Å². The third-order valence-electron chi connectivity index (χ3n) is 3.86. The molecule has 2 rings (SSSR count). The second-order valence-corrected chi connectivity index (χ2v) is 8.34. The van der Waals surface area contributed by atoms with E-state index >= 15 is 0 Å². The summed E-state index contributed by atoms with van der Waals surface area (Å²) >= 11 is 0. The van der Waals surface area contributed by atoms with Gasteiger partial charge in [-0.1, -0.05) is 13.8 Å². The van der Waals surface area contributed by atoms with E-state index in [1.807, 2.05) is 0 Å². The average Bonchev–Trinajstić information content (AvgIpc) is 3.31. The van der Waals surface area contributed by atoms with Crippen LogP contribution >= 0.6 is 0 Å². The largest absolute Gasteiger partial charge is 0.338 e. The number of benzene rings is 1. The molecule has 2 amide bonds. The van der Waals surface area contributed by atoms with Crippen molar-refractivity contribution in [3.63, 3.8) is 0 Å². The number of anilines is 1. The molecule has 0 aliphatic heterocycles. The molecule has 1 fully saturated rings. The van der Waals surface area contributed by atoms with E-state index in [9.17, 15) is 13.2 Å². The maximum Gasteiger partial charge on any atom is 0.319 e. The Morgan fingerprint density at radius 3 is 2.39 bits per heavy atom. The van der Waals surface area contributed by atoms with E-state index in [1.165, 1.54) is 16.4 Å². The lowest BCUT2D eigenvalue weighted by Gasteiger charge is -2.16. The molecule has 7 heteroatoms. The van der Waals surface area contributed by atoms with Gasteiger partial charge >= 0.3 is 6.03 Å². The Morgan fingerprint density at radius 2 is 1.87 bits per heavy atom. The summed E-state index contributed by atoms with van der Waals surface area (Å²) < 4.78 is 26.2. The highest BCUT2D eigenvalue weighted by molar-refractivity contribution is 7.89. The van der Waals surface area contributed by atoms with Crippen LogP contribution < -0.4 is 10.6 Å². The van der Waals surface area contributed by atoms with E-state index in [0.29, 0.717) is 18.2 Å². The van der Waals surface area contributed by atoms with Crippen molar-refractivity contribution in [3.05, 3.63) is 24.3 Å². The number of amides is 2. The SMILES string of the molecule is CC(C)CCNC(=O)Nc1ccc(S(=O)(=O)N(C)C2CC2)cc1. The van der Waals surface area contributed by atoms with Gasteiger partial charge in [-0.3, -0.25) is 0 Å². The highest BCUT2D eigenvalue weighted by atomic mass is 32.2. The van der Waals surface area contributed by atoms with Crippen molar-refractivity contribution in [2.24, 2.45) is 5.92 Å². The highest BCUT2D eigenvalue weighted by Gasteiger charge is 2.34. The molecule has 1 aliphatic carbocycles. The van der Waals surface area contributed by atoms with Gasteiger partial charge in [0.1, 0.15) is 0 Å². The molecule has 0 radical (unpaired) electrons. The first-order valence-corrected chi connectivity index (χ1v) is 9.37. The molecule has 0 spiro atoms. The average molecular weight is 339 g/mol.